The number of anilines is 1. The zero-order valence-corrected chi connectivity index (χ0v) is 12.7. The molecule has 0 saturated carbocycles. The summed E-state index contributed by atoms with van der Waals surface area (Å²) in [6, 6.07) is 0.0504. The van der Waals surface area contributed by atoms with Crippen LogP contribution in [-0.2, 0) is 7.05 Å². The van der Waals surface area contributed by atoms with Gasteiger partial charge in [0.05, 0.1) is 16.7 Å². The molecule has 0 aliphatic carbocycles. The van der Waals surface area contributed by atoms with E-state index < -0.39 is 4.92 Å². The summed E-state index contributed by atoms with van der Waals surface area (Å²) < 4.78 is 1.85. The fourth-order valence-corrected chi connectivity index (χ4v) is 2.92. The molecular weight excluding hydrogens is 278 g/mol. The summed E-state index contributed by atoms with van der Waals surface area (Å²) in [4.78, 5) is 14.3. The first-order chi connectivity index (χ1) is 9.43. The molecule has 2 rings (SSSR count). The van der Waals surface area contributed by atoms with Gasteiger partial charge < -0.3 is 5.32 Å². The third-order valence-electron chi connectivity index (χ3n) is 3.29. The Morgan fingerprint density at radius 2 is 2.25 bits per heavy atom. The molecule has 0 bridgehead atoms. The van der Waals surface area contributed by atoms with Crippen molar-refractivity contribution in [2.45, 2.75) is 33.2 Å². The van der Waals surface area contributed by atoms with Crippen molar-refractivity contribution in [3.8, 4) is 0 Å². The molecular formula is C12H17N5O2S. The highest BCUT2D eigenvalue weighted by Gasteiger charge is 2.21. The molecule has 0 radical (unpaired) electrons. The van der Waals surface area contributed by atoms with Gasteiger partial charge in [-0.1, -0.05) is 6.92 Å². The highest BCUT2D eigenvalue weighted by atomic mass is 32.1. The molecule has 0 unspecified atom stereocenters. The molecule has 1 atom stereocenters. The number of aromatic nitrogens is 3. The van der Waals surface area contributed by atoms with Crippen LogP contribution in [0.25, 0.3) is 0 Å². The Morgan fingerprint density at radius 3 is 2.70 bits per heavy atom. The zero-order valence-electron chi connectivity index (χ0n) is 11.9. The van der Waals surface area contributed by atoms with Crippen LogP contribution in [0, 0.1) is 24.0 Å². The highest BCUT2D eigenvalue weighted by Crippen LogP contribution is 2.31. The third kappa shape index (κ3) is 2.64. The molecule has 7 nitrogen and oxygen atoms in total. The van der Waals surface area contributed by atoms with E-state index in [1.165, 1.54) is 6.20 Å². The lowest BCUT2D eigenvalue weighted by Crippen LogP contribution is -2.11. The Morgan fingerprint density at radius 1 is 1.55 bits per heavy atom. The van der Waals surface area contributed by atoms with Gasteiger partial charge >= 0.3 is 5.00 Å². The van der Waals surface area contributed by atoms with Gasteiger partial charge in [0.15, 0.2) is 5.13 Å². The Hall–Kier alpha value is -1.96. The van der Waals surface area contributed by atoms with Crippen LogP contribution >= 0.6 is 11.3 Å². The van der Waals surface area contributed by atoms with Gasteiger partial charge in [-0.05, 0) is 31.6 Å². The lowest BCUT2D eigenvalue weighted by molar-refractivity contribution is -0.380. The average molecular weight is 295 g/mol. The largest absolute Gasteiger partial charge is 0.354 e. The lowest BCUT2D eigenvalue weighted by Gasteiger charge is -2.16. The van der Waals surface area contributed by atoms with Crippen LogP contribution in [0.5, 0.6) is 0 Å². The van der Waals surface area contributed by atoms with Crippen LogP contribution in [0.2, 0.25) is 0 Å². The fraction of sp³-hybridized carbons (Fsp3) is 0.500. The van der Waals surface area contributed by atoms with Gasteiger partial charge in [-0.25, -0.2) is 4.98 Å². The van der Waals surface area contributed by atoms with Crippen molar-refractivity contribution in [1.82, 2.24) is 14.8 Å². The standard InChI is InChI=1S/C12H17N5O2S/c1-5-9(11-7(2)15-16(4)8(11)3)14-12-13-6-10(20-12)17(18)19/h6,9H,5H2,1-4H3,(H,13,14)/t9-/m1/s1. The van der Waals surface area contributed by atoms with Crippen LogP contribution in [0.1, 0.15) is 36.3 Å². The normalized spacial score (nSPS) is 12.4. The molecule has 0 fully saturated rings. The van der Waals surface area contributed by atoms with E-state index in [1.54, 1.807) is 0 Å². The SMILES string of the molecule is CC[C@@H](Nc1ncc([N+](=O)[O-])s1)c1c(C)nn(C)c1C. The molecule has 0 aliphatic rings. The first-order valence-electron chi connectivity index (χ1n) is 6.30. The molecule has 0 saturated heterocycles. The van der Waals surface area contributed by atoms with Crippen molar-refractivity contribution < 1.29 is 4.92 Å². The predicted octanol–water partition coefficient (Wildman–Crippen LogP) is 2.96. The Kier molecular flexibility index (Phi) is 4.03. The van der Waals surface area contributed by atoms with E-state index >= 15 is 0 Å². The van der Waals surface area contributed by atoms with Crippen LogP contribution in [0.4, 0.5) is 10.1 Å². The van der Waals surface area contributed by atoms with Crippen LogP contribution in [-0.4, -0.2) is 19.7 Å². The molecule has 0 aliphatic heterocycles. The maximum Gasteiger partial charge on any atom is 0.345 e. The lowest BCUT2D eigenvalue weighted by atomic mass is 10.0. The monoisotopic (exact) mass is 295 g/mol. The molecule has 0 aromatic carbocycles. The van der Waals surface area contributed by atoms with Crippen molar-refractivity contribution in [3.05, 3.63) is 33.3 Å². The molecule has 2 heterocycles. The molecule has 0 spiro atoms. The molecule has 2 aromatic rings. The van der Waals surface area contributed by atoms with Crippen molar-refractivity contribution in [2.24, 2.45) is 7.05 Å². The Balaban J connectivity index is 2.26. The first kappa shape index (κ1) is 14.4. The molecule has 0 amide bonds. The van der Waals surface area contributed by atoms with E-state index in [0.717, 1.165) is 34.7 Å². The summed E-state index contributed by atoms with van der Waals surface area (Å²) in [5.41, 5.74) is 3.19. The van der Waals surface area contributed by atoms with E-state index in [2.05, 4.69) is 22.3 Å². The number of nitro groups is 1. The van der Waals surface area contributed by atoms with Gasteiger partial charge in [0.25, 0.3) is 0 Å². The van der Waals surface area contributed by atoms with E-state index in [9.17, 15) is 10.1 Å². The van der Waals surface area contributed by atoms with Crippen LogP contribution in [0.3, 0.4) is 0 Å². The number of aryl methyl sites for hydroxylation is 2. The second-order valence-corrected chi connectivity index (χ2v) is 5.58. The van der Waals surface area contributed by atoms with Gasteiger partial charge in [-0.15, -0.1) is 0 Å². The van der Waals surface area contributed by atoms with Crippen molar-refractivity contribution >= 4 is 21.5 Å². The summed E-state index contributed by atoms with van der Waals surface area (Å²) in [5.74, 6) is 0. The fourth-order valence-electron chi connectivity index (χ4n) is 2.24. The number of hydrogen-bond donors (Lipinski definition) is 1. The number of hydrogen-bond acceptors (Lipinski definition) is 6. The minimum atomic E-state index is -0.426. The van der Waals surface area contributed by atoms with Crippen molar-refractivity contribution in [1.29, 1.82) is 0 Å². The quantitative estimate of drug-likeness (QED) is 0.677. The third-order valence-corrected chi connectivity index (χ3v) is 4.17. The van der Waals surface area contributed by atoms with Crippen LogP contribution < -0.4 is 5.32 Å². The predicted molar refractivity (Wildman–Crippen MR) is 78.1 cm³/mol. The zero-order chi connectivity index (χ0) is 14.9. The van der Waals surface area contributed by atoms with Crippen LogP contribution in [0.15, 0.2) is 6.20 Å². The summed E-state index contributed by atoms with van der Waals surface area (Å²) in [7, 11) is 1.91. The van der Waals surface area contributed by atoms with E-state index in [-0.39, 0.29) is 11.0 Å². The van der Waals surface area contributed by atoms with Crippen molar-refractivity contribution in [2.75, 3.05) is 5.32 Å². The first-order valence-corrected chi connectivity index (χ1v) is 7.12. The van der Waals surface area contributed by atoms with Gasteiger partial charge in [0.1, 0.15) is 6.20 Å². The Bertz CT molecular complexity index is 634. The van der Waals surface area contributed by atoms with Gasteiger partial charge in [0, 0.05) is 18.3 Å². The number of nitrogens with one attached hydrogen (secondary N) is 1. The summed E-state index contributed by atoms with van der Waals surface area (Å²) in [6.07, 6.45) is 2.13. The molecule has 1 N–H and O–H groups in total. The van der Waals surface area contributed by atoms with E-state index in [1.807, 2.05) is 25.6 Å². The van der Waals surface area contributed by atoms with Gasteiger partial charge in [0.2, 0.25) is 0 Å². The smallest absolute Gasteiger partial charge is 0.345 e. The van der Waals surface area contributed by atoms with E-state index in [4.69, 9.17) is 0 Å². The van der Waals surface area contributed by atoms with Gasteiger partial charge in [-0.3, -0.25) is 14.8 Å². The Labute approximate surface area is 120 Å². The molecule has 108 valence electrons. The van der Waals surface area contributed by atoms with Gasteiger partial charge in [-0.2, -0.15) is 5.10 Å². The molecule has 20 heavy (non-hydrogen) atoms. The number of nitrogens with zero attached hydrogens (tertiary/aromatic N) is 4. The van der Waals surface area contributed by atoms with Crippen molar-refractivity contribution in [3.63, 3.8) is 0 Å². The maximum absolute atomic E-state index is 10.7. The second-order valence-electron chi connectivity index (χ2n) is 4.57. The molecule has 2 aromatic heterocycles. The maximum atomic E-state index is 10.7. The summed E-state index contributed by atoms with van der Waals surface area (Å²) in [5, 5.41) is 19.0. The molecule has 8 heteroatoms. The second kappa shape index (κ2) is 5.58. The minimum Gasteiger partial charge on any atom is -0.354 e. The van der Waals surface area contributed by atoms with E-state index in [0.29, 0.717) is 5.13 Å². The average Bonchev–Trinajstić information content (AvgIpc) is 2.94. The number of rotatable bonds is 5. The summed E-state index contributed by atoms with van der Waals surface area (Å²) >= 11 is 1.05. The highest BCUT2D eigenvalue weighted by molar-refractivity contribution is 7.18. The topological polar surface area (TPSA) is 85.9 Å². The summed E-state index contributed by atoms with van der Waals surface area (Å²) in [6.45, 7) is 6.05. The number of thiazole rings is 1. The minimum absolute atomic E-state index is 0.0435.